The van der Waals surface area contributed by atoms with Crippen molar-refractivity contribution in [2.75, 3.05) is 0 Å². The lowest BCUT2D eigenvalue weighted by atomic mass is 10.1. The van der Waals surface area contributed by atoms with Crippen LogP contribution in [0.2, 0.25) is 0 Å². The molecule has 4 aromatic carbocycles. The van der Waals surface area contributed by atoms with Gasteiger partial charge in [-0.2, -0.15) is 4.98 Å². The molecule has 7 heteroatoms. The number of rotatable bonds is 6. The van der Waals surface area contributed by atoms with E-state index in [4.69, 9.17) is 0 Å². The van der Waals surface area contributed by atoms with E-state index in [2.05, 4.69) is 9.98 Å². The van der Waals surface area contributed by atoms with E-state index in [9.17, 15) is 8.42 Å². The molecule has 5 rings (SSSR count). The van der Waals surface area contributed by atoms with Crippen molar-refractivity contribution in [1.82, 2.24) is 8.94 Å². The molecule has 0 atom stereocenters. The number of hydrogen-bond acceptors (Lipinski definition) is 5. The standard InChI is InChI=1S/C26H21N3O2S2/c30-33(31,24-16-15-21-11-7-8-14-23(21)17-24)19-29-25(22-12-5-2-6-13-22)28-26(32-29)27-18-20-9-3-1-4-10-20/h1-17H,18-19H2. The molecule has 0 fully saturated rings. The second-order valence-corrected chi connectivity index (χ2v) is 10.6. The summed E-state index contributed by atoms with van der Waals surface area (Å²) in [7, 11) is -3.60. The highest BCUT2D eigenvalue weighted by molar-refractivity contribution is 7.90. The maximum atomic E-state index is 13.3. The highest BCUT2D eigenvalue weighted by Crippen LogP contribution is 2.24. The van der Waals surface area contributed by atoms with Gasteiger partial charge in [-0.3, -0.25) is 8.95 Å². The number of sulfone groups is 1. The Morgan fingerprint density at radius 3 is 2.21 bits per heavy atom. The lowest BCUT2D eigenvalue weighted by molar-refractivity contribution is 0.587. The minimum atomic E-state index is -3.60. The minimum absolute atomic E-state index is 0.200. The summed E-state index contributed by atoms with van der Waals surface area (Å²) in [6, 6.07) is 32.5. The highest BCUT2D eigenvalue weighted by atomic mass is 32.2. The number of fused-ring (bicyclic) bond motifs is 1. The van der Waals surface area contributed by atoms with Gasteiger partial charge in [0.25, 0.3) is 0 Å². The third-order valence-electron chi connectivity index (χ3n) is 5.27. The van der Waals surface area contributed by atoms with E-state index in [-0.39, 0.29) is 5.88 Å². The lowest BCUT2D eigenvalue weighted by Crippen LogP contribution is -2.11. The van der Waals surface area contributed by atoms with Crippen molar-refractivity contribution in [1.29, 1.82) is 0 Å². The topological polar surface area (TPSA) is 64.3 Å². The summed E-state index contributed by atoms with van der Waals surface area (Å²) < 4.78 is 28.4. The van der Waals surface area contributed by atoms with Crippen LogP contribution in [0.4, 0.5) is 0 Å². The van der Waals surface area contributed by atoms with Gasteiger partial charge in [-0.15, -0.1) is 0 Å². The van der Waals surface area contributed by atoms with E-state index in [0.717, 1.165) is 21.9 Å². The van der Waals surface area contributed by atoms with Gasteiger partial charge in [0.1, 0.15) is 5.88 Å². The molecule has 0 saturated heterocycles. The van der Waals surface area contributed by atoms with Crippen LogP contribution in [0.25, 0.3) is 22.2 Å². The first-order valence-corrected chi connectivity index (χ1v) is 12.9. The van der Waals surface area contributed by atoms with Crippen LogP contribution >= 0.6 is 11.5 Å². The molecule has 0 radical (unpaired) electrons. The van der Waals surface area contributed by atoms with Crippen molar-refractivity contribution in [2.45, 2.75) is 17.3 Å². The molecule has 164 valence electrons. The van der Waals surface area contributed by atoms with Crippen molar-refractivity contribution in [3.8, 4) is 11.4 Å². The molecule has 0 bridgehead atoms. The van der Waals surface area contributed by atoms with Gasteiger partial charge >= 0.3 is 0 Å². The Bertz CT molecular complexity index is 1570. The van der Waals surface area contributed by atoms with E-state index >= 15 is 0 Å². The maximum Gasteiger partial charge on any atom is 0.223 e. The predicted molar refractivity (Wildman–Crippen MR) is 132 cm³/mol. The second kappa shape index (κ2) is 9.13. The van der Waals surface area contributed by atoms with Crippen molar-refractivity contribution in [3.63, 3.8) is 0 Å². The number of aromatic nitrogens is 2. The summed E-state index contributed by atoms with van der Waals surface area (Å²) in [5.74, 6) is 0.394. The summed E-state index contributed by atoms with van der Waals surface area (Å²) in [6.45, 7) is 0.486. The van der Waals surface area contributed by atoms with Crippen molar-refractivity contribution >= 4 is 32.1 Å². The smallest absolute Gasteiger partial charge is 0.223 e. The van der Waals surface area contributed by atoms with Gasteiger partial charge in [0.2, 0.25) is 4.80 Å². The Balaban J connectivity index is 1.53. The van der Waals surface area contributed by atoms with Crippen molar-refractivity contribution in [2.24, 2.45) is 4.99 Å². The zero-order valence-corrected chi connectivity index (χ0v) is 19.3. The van der Waals surface area contributed by atoms with E-state index < -0.39 is 9.84 Å². The molecule has 0 aliphatic rings. The van der Waals surface area contributed by atoms with Crippen LogP contribution < -0.4 is 4.80 Å². The average Bonchev–Trinajstić information content (AvgIpc) is 3.25. The lowest BCUT2D eigenvalue weighted by Gasteiger charge is -2.09. The van der Waals surface area contributed by atoms with E-state index in [1.165, 1.54) is 11.5 Å². The summed E-state index contributed by atoms with van der Waals surface area (Å²) in [5, 5.41) is 1.91. The van der Waals surface area contributed by atoms with Crippen LogP contribution in [-0.2, 0) is 22.3 Å². The van der Waals surface area contributed by atoms with Gasteiger partial charge < -0.3 is 0 Å². The predicted octanol–water partition coefficient (Wildman–Crippen LogP) is 5.30. The molecule has 0 amide bonds. The Morgan fingerprint density at radius 2 is 1.45 bits per heavy atom. The molecule has 0 spiro atoms. The monoisotopic (exact) mass is 471 g/mol. The fourth-order valence-electron chi connectivity index (χ4n) is 3.59. The van der Waals surface area contributed by atoms with Crippen molar-refractivity contribution in [3.05, 3.63) is 113 Å². The molecule has 0 unspecified atom stereocenters. The Morgan fingerprint density at radius 1 is 0.788 bits per heavy atom. The van der Waals surface area contributed by atoms with E-state index in [0.29, 0.717) is 22.1 Å². The SMILES string of the molecule is O=S(=O)(Cn1sc(=NCc2ccccc2)nc1-c1ccccc1)c1ccc2ccccc2c1. The molecule has 1 heterocycles. The van der Waals surface area contributed by atoms with Crippen LogP contribution in [0.5, 0.6) is 0 Å². The molecular formula is C26H21N3O2S2. The van der Waals surface area contributed by atoms with Gasteiger partial charge in [0.15, 0.2) is 15.7 Å². The van der Waals surface area contributed by atoms with Gasteiger partial charge in [-0.25, -0.2) is 8.42 Å². The highest BCUT2D eigenvalue weighted by Gasteiger charge is 2.20. The van der Waals surface area contributed by atoms with Crippen molar-refractivity contribution < 1.29 is 8.42 Å². The summed E-state index contributed by atoms with van der Waals surface area (Å²) in [4.78, 5) is 10.1. The third kappa shape index (κ3) is 4.79. The normalized spacial score (nSPS) is 12.3. The van der Waals surface area contributed by atoms with Gasteiger partial charge in [-0.1, -0.05) is 91.0 Å². The number of benzene rings is 4. The van der Waals surface area contributed by atoms with Gasteiger partial charge in [0, 0.05) is 5.56 Å². The zero-order valence-electron chi connectivity index (χ0n) is 17.7. The average molecular weight is 472 g/mol. The first-order valence-electron chi connectivity index (χ1n) is 10.5. The number of nitrogens with zero attached hydrogens (tertiary/aromatic N) is 3. The Kier molecular flexibility index (Phi) is 5.90. The molecule has 1 aromatic heterocycles. The summed E-state index contributed by atoms with van der Waals surface area (Å²) in [5.41, 5.74) is 1.92. The van der Waals surface area contributed by atoms with Crippen LogP contribution in [0, 0.1) is 0 Å². The van der Waals surface area contributed by atoms with Crippen LogP contribution in [-0.4, -0.2) is 17.4 Å². The van der Waals surface area contributed by atoms with E-state index in [1.807, 2.05) is 91.0 Å². The molecular weight excluding hydrogens is 450 g/mol. The van der Waals surface area contributed by atoms with Crippen LogP contribution in [0.15, 0.2) is 113 Å². The molecule has 0 aliphatic heterocycles. The quantitative estimate of drug-likeness (QED) is 0.338. The zero-order chi connectivity index (χ0) is 22.7. The Hall–Kier alpha value is -3.55. The summed E-state index contributed by atoms with van der Waals surface area (Å²) >= 11 is 1.26. The minimum Gasteiger partial charge on any atom is -0.262 e. The largest absolute Gasteiger partial charge is 0.262 e. The molecule has 5 aromatic rings. The first kappa shape index (κ1) is 21.3. The number of hydrogen-bond donors (Lipinski definition) is 0. The Labute approximate surface area is 196 Å². The fraction of sp³-hybridized carbons (Fsp3) is 0.0769. The van der Waals surface area contributed by atoms with Gasteiger partial charge in [0.05, 0.1) is 11.4 Å². The van der Waals surface area contributed by atoms with E-state index in [1.54, 1.807) is 16.1 Å². The first-order chi connectivity index (χ1) is 16.1. The molecule has 33 heavy (non-hydrogen) atoms. The van der Waals surface area contributed by atoms with Crippen LogP contribution in [0.1, 0.15) is 5.56 Å². The third-order valence-corrected chi connectivity index (χ3v) is 7.91. The molecule has 0 aliphatic carbocycles. The second-order valence-electron chi connectivity index (χ2n) is 7.61. The fourth-order valence-corrected chi connectivity index (χ4v) is 6.06. The maximum absolute atomic E-state index is 13.3. The molecule has 0 saturated carbocycles. The molecule has 5 nitrogen and oxygen atoms in total. The van der Waals surface area contributed by atoms with Crippen LogP contribution in [0.3, 0.4) is 0 Å². The van der Waals surface area contributed by atoms with Gasteiger partial charge in [-0.05, 0) is 40.0 Å². The molecule has 0 N–H and O–H groups in total. The summed E-state index contributed by atoms with van der Waals surface area (Å²) in [6.07, 6.45) is 0.